The molecule has 2 aromatic carbocycles. The van der Waals surface area contributed by atoms with Crippen molar-refractivity contribution < 1.29 is 14.1 Å². The van der Waals surface area contributed by atoms with Crippen LogP contribution in [0.15, 0.2) is 65.6 Å². The highest BCUT2D eigenvalue weighted by molar-refractivity contribution is 7.85. The van der Waals surface area contributed by atoms with E-state index in [1.807, 2.05) is 12.1 Å². The summed E-state index contributed by atoms with van der Waals surface area (Å²) in [6.45, 7) is 0. The van der Waals surface area contributed by atoms with Crippen LogP contribution >= 0.6 is 0 Å². The number of carboxylic acid groups (broad SMARTS) is 1. The highest BCUT2D eigenvalue weighted by Crippen LogP contribution is 2.19. The van der Waals surface area contributed by atoms with E-state index in [0.717, 1.165) is 0 Å². The lowest BCUT2D eigenvalue weighted by Crippen LogP contribution is -2.18. The van der Waals surface area contributed by atoms with Crippen molar-refractivity contribution in [1.29, 1.82) is 0 Å². The Kier molecular flexibility index (Phi) is 4.47. The molecule has 0 saturated carbocycles. The predicted octanol–water partition coefficient (Wildman–Crippen LogP) is 2.66. The molecule has 2 rings (SSSR count). The van der Waals surface area contributed by atoms with Crippen LogP contribution in [-0.4, -0.2) is 21.0 Å². The zero-order chi connectivity index (χ0) is 13.7. The summed E-state index contributed by atoms with van der Waals surface area (Å²) in [4.78, 5) is 12.0. The molecule has 2 aromatic rings. The smallest absolute Gasteiger partial charge is 0.311 e. The number of hydrogen-bond donors (Lipinski definition) is 1. The SMILES string of the molecule is O=C(O)C(CS(=O)c1ccccc1)c1ccccc1. The minimum atomic E-state index is -1.32. The highest BCUT2D eigenvalue weighted by atomic mass is 32.2. The van der Waals surface area contributed by atoms with Gasteiger partial charge in [-0.1, -0.05) is 48.5 Å². The van der Waals surface area contributed by atoms with Gasteiger partial charge in [0.05, 0.1) is 16.7 Å². The molecule has 19 heavy (non-hydrogen) atoms. The van der Waals surface area contributed by atoms with Crippen LogP contribution in [0.2, 0.25) is 0 Å². The van der Waals surface area contributed by atoms with Gasteiger partial charge in [-0.3, -0.25) is 9.00 Å². The van der Waals surface area contributed by atoms with E-state index in [-0.39, 0.29) is 5.75 Å². The molecule has 98 valence electrons. The Labute approximate surface area is 114 Å². The fourth-order valence-electron chi connectivity index (χ4n) is 1.82. The molecule has 4 heteroatoms. The summed E-state index contributed by atoms with van der Waals surface area (Å²) >= 11 is 0. The van der Waals surface area contributed by atoms with Crippen molar-refractivity contribution in [3.8, 4) is 0 Å². The van der Waals surface area contributed by atoms with Gasteiger partial charge in [-0.25, -0.2) is 0 Å². The van der Waals surface area contributed by atoms with E-state index in [1.165, 1.54) is 0 Å². The van der Waals surface area contributed by atoms with Crippen molar-refractivity contribution in [2.45, 2.75) is 10.8 Å². The van der Waals surface area contributed by atoms with Crippen LogP contribution in [0.4, 0.5) is 0 Å². The molecule has 1 N–H and O–H groups in total. The van der Waals surface area contributed by atoms with Gasteiger partial charge in [0.2, 0.25) is 0 Å². The average molecular weight is 274 g/mol. The molecule has 0 heterocycles. The molecule has 0 amide bonds. The molecular formula is C15H14O3S. The zero-order valence-electron chi connectivity index (χ0n) is 10.2. The molecule has 2 unspecified atom stereocenters. The first-order valence-electron chi connectivity index (χ1n) is 5.89. The average Bonchev–Trinajstić information content (AvgIpc) is 2.46. The molecule has 0 fully saturated rings. The lowest BCUT2D eigenvalue weighted by atomic mass is 10.0. The lowest BCUT2D eigenvalue weighted by Gasteiger charge is -2.12. The summed E-state index contributed by atoms with van der Waals surface area (Å²) in [5, 5.41) is 9.29. The van der Waals surface area contributed by atoms with E-state index in [2.05, 4.69) is 0 Å². The first-order chi connectivity index (χ1) is 9.18. The van der Waals surface area contributed by atoms with Crippen molar-refractivity contribution in [1.82, 2.24) is 0 Å². The van der Waals surface area contributed by atoms with Crippen LogP contribution in [0.1, 0.15) is 11.5 Å². The summed E-state index contributed by atoms with van der Waals surface area (Å²) < 4.78 is 12.2. The Balaban J connectivity index is 2.19. The Morgan fingerprint density at radius 1 is 1.00 bits per heavy atom. The van der Waals surface area contributed by atoms with Gasteiger partial charge in [-0.05, 0) is 17.7 Å². The number of benzene rings is 2. The second-order valence-electron chi connectivity index (χ2n) is 4.13. The summed E-state index contributed by atoms with van der Waals surface area (Å²) in [5.74, 6) is -1.61. The molecule has 0 radical (unpaired) electrons. The van der Waals surface area contributed by atoms with Gasteiger partial charge in [-0.2, -0.15) is 0 Å². The summed E-state index contributed by atoms with van der Waals surface area (Å²) in [7, 11) is -1.32. The fraction of sp³-hybridized carbons (Fsp3) is 0.133. The maximum absolute atomic E-state index is 12.2. The zero-order valence-corrected chi connectivity index (χ0v) is 11.0. The molecule has 0 spiro atoms. The Bertz CT molecular complexity index is 566. The third-order valence-electron chi connectivity index (χ3n) is 2.82. The van der Waals surface area contributed by atoms with Gasteiger partial charge in [0.25, 0.3) is 0 Å². The number of rotatable bonds is 5. The van der Waals surface area contributed by atoms with E-state index in [0.29, 0.717) is 10.5 Å². The van der Waals surface area contributed by atoms with Crippen LogP contribution in [0.3, 0.4) is 0 Å². The third-order valence-corrected chi connectivity index (χ3v) is 4.26. The van der Waals surface area contributed by atoms with Crippen molar-refractivity contribution in [2.24, 2.45) is 0 Å². The number of aliphatic carboxylic acids is 1. The molecule has 0 aliphatic carbocycles. The lowest BCUT2D eigenvalue weighted by molar-refractivity contribution is -0.138. The minimum absolute atomic E-state index is 0.0867. The topological polar surface area (TPSA) is 54.4 Å². The molecule has 0 aliphatic heterocycles. The Hall–Kier alpha value is -1.94. The molecule has 0 bridgehead atoms. The summed E-state index contributed by atoms with van der Waals surface area (Å²) in [5.41, 5.74) is 0.680. The Morgan fingerprint density at radius 3 is 2.05 bits per heavy atom. The van der Waals surface area contributed by atoms with E-state index in [4.69, 9.17) is 0 Å². The van der Waals surface area contributed by atoms with Gasteiger partial charge in [0.1, 0.15) is 0 Å². The number of carboxylic acids is 1. The van der Waals surface area contributed by atoms with Crippen molar-refractivity contribution >= 4 is 16.8 Å². The monoisotopic (exact) mass is 274 g/mol. The van der Waals surface area contributed by atoms with Crippen molar-refractivity contribution in [2.75, 3.05) is 5.75 Å². The standard InChI is InChI=1S/C15H14O3S/c16-15(17)14(12-7-3-1-4-8-12)11-19(18)13-9-5-2-6-10-13/h1-10,14H,11H2,(H,16,17). The van der Waals surface area contributed by atoms with Gasteiger partial charge in [-0.15, -0.1) is 0 Å². The van der Waals surface area contributed by atoms with Crippen molar-refractivity contribution in [3.05, 3.63) is 66.2 Å². The molecule has 0 aliphatic rings. The van der Waals surface area contributed by atoms with Crippen LogP contribution in [0, 0.1) is 0 Å². The third kappa shape index (κ3) is 3.51. The predicted molar refractivity (Wildman–Crippen MR) is 74.5 cm³/mol. The minimum Gasteiger partial charge on any atom is -0.481 e. The Morgan fingerprint density at radius 2 is 1.53 bits per heavy atom. The van der Waals surface area contributed by atoms with Gasteiger partial charge >= 0.3 is 5.97 Å². The molecule has 2 atom stereocenters. The molecule has 0 saturated heterocycles. The largest absolute Gasteiger partial charge is 0.481 e. The second-order valence-corrected chi connectivity index (χ2v) is 5.62. The second kappa shape index (κ2) is 6.29. The van der Waals surface area contributed by atoms with Crippen molar-refractivity contribution in [3.63, 3.8) is 0 Å². The molecule has 3 nitrogen and oxygen atoms in total. The van der Waals surface area contributed by atoms with Crippen LogP contribution < -0.4 is 0 Å². The molecule has 0 aromatic heterocycles. The van der Waals surface area contributed by atoms with E-state index in [1.54, 1.807) is 48.5 Å². The van der Waals surface area contributed by atoms with Crippen LogP contribution in [-0.2, 0) is 15.6 Å². The quantitative estimate of drug-likeness (QED) is 0.912. The fourth-order valence-corrected chi connectivity index (χ4v) is 3.11. The first kappa shape index (κ1) is 13.5. The number of hydrogen-bond acceptors (Lipinski definition) is 2. The van der Waals surface area contributed by atoms with Gasteiger partial charge in [0.15, 0.2) is 0 Å². The summed E-state index contributed by atoms with van der Waals surface area (Å²) in [6.07, 6.45) is 0. The molecular weight excluding hydrogens is 260 g/mol. The highest BCUT2D eigenvalue weighted by Gasteiger charge is 2.22. The maximum atomic E-state index is 12.2. The maximum Gasteiger partial charge on any atom is 0.311 e. The van der Waals surface area contributed by atoms with E-state index >= 15 is 0 Å². The van der Waals surface area contributed by atoms with E-state index < -0.39 is 22.7 Å². The van der Waals surface area contributed by atoms with Crippen LogP contribution in [0.25, 0.3) is 0 Å². The van der Waals surface area contributed by atoms with Gasteiger partial charge in [0, 0.05) is 10.6 Å². The van der Waals surface area contributed by atoms with Gasteiger partial charge < -0.3 is 5.11 Å². The summed E-state index contributed by atoms with van der Waals surface area (Å²) in [6, 6.07) is 17.8. The van der Waals surface area contributed by atoms with Crippen LogP contribution in [0.5, 0.6) is 0 Å². The first-order valence-corrected chi connectivity index (χ1v) is 7.21. The number of carbonyl (C=O) groups is 1. The van der Waals surface area contributed by atoms with E-state index in [9.17, 15) is 14.1 Å². The normalized spacial score (nSPS) is 13.7.